The third-order valence-electron chi connectivity index (χ3n) is 6.62. The van der Waals surface area contributed by atoms with E-state index in [-0.39, 0.29) is 17.4 Å². The number of fused-ring (bicyclic) bond motifs is 1. The number of aromatic nitrogens is 4. The zero-order valence-corrected chi connectivity index (χ0v) is 23.7. The Balaban J connectivity index is 1.42. The van der Waals surface area contributed by atoms with Crippen molar-refractivity contribution in [2.75, 3.05) is 19.5 Å². The van der Waals surface area contributed by atoms with Crippen molar-refractivity contribution in [3.05, 3.63) is 105 Å². The number of hydrogen-bond acceptors (Lipinski definition) is 8. The molecular formula is C31H29N5O6. The minimum atomic E-state index is -0.727. The van der Waals surface area contributed by atoms with Crippen molar-refractivity contribution in [1.82, 2.24) is 19.1 Å². The van der Waals surface area contributed by atoms with E-state index in [4.69, 9.17) is 14.2 Å². The number of methoxy groups -OCH3 is 2. The summed E-state index contributed by atoms with van der Waals surface area (Å²) in [5, 5.41) is 3.35. The average molecular weight is 568 g/mol. The molecule has 42 heavy (non-hydrogen) atoms. The van der Waals surface area contributed by atoms with Crippen LogP contribution in [0.3, 0.4) is 0 Å². The van der Waals surface area contributed by atoms with E-state index in [1.807, 2.05) is 6.92 Å². The number of aryl methyl sites for hydroxylation is 1. The van der Waals surface area contributed by atoms with E-state index in [9.17, 15) is 14.4 Å². The van der Waals surface area contributed by atoms with Gasteiger partial charge in [-0.25, -0.2) is 14.3 Å². The highest BCUT2D eigenvalue weighted by atomic mass is 16.5. The van der Waals surface area contributed by atoms with Gasteiger partial charge in [-0.15, -0.1) is 0 Å². The van der Waals surface area contributed by atoms with Gasteiger partial charge in [0.25, 0.3) is 11.5 Å². The Hall–Kier alpha value is -5.45. The van der Waals surface area contributed by atoms with Crippen LogP contribution in [0.25, 0.3) is 16.6 Å². The van der Waals surface area contributed by atoms with Crippen LogP contribution in [0.1, 0.15) is 35.8 Å². The fourth-order valence-electron chi connectivity index (χ4n) is 4.38. The lowest BCUT2D eigenvalue weighted by atomic mass is 10.2. The summed E-state index contributed by atoms with van der Waals surface area (Å²) < 4.78 is 19.2. The van der Waals surface area contributed by atoms with E-state index in [1.165, 1.54) is 17.0 Å². The van der Waals surface area contributed by atoms with Gasteiger partial charge in [0.05, 0.1) is 31.6 Å². The smallest absolute Gasteiger partial charge is 0.335 e. The molecule has 0 aliphatic rings. The maximum atomic E-state index is 13.4. The number of ether oxygens (including phenoxy) is 3. The Bertz CT molecular complexity index is 1890. The summed E-state index contributed by atoms with van der Waals surface area (Å²) in [7, 11) is 3.10. The minimum Gasteiger partial charge on any atom is -0.493 e. The molecule has 0 unspecified atom stereocenters. The molecule has 0 atom stereocenters. The van der Waals surface area contributed by atoms with E-state index in [0.717, 1.165) is 10.1 Å². The molecule has 0 bridgehead atoms. The van der Waals surface area contributed by atoms with Gasteiger partial charge in [0.2, 0.25) is 0 Å². The van der Waals surface area contributed by atoms with Crippen molar-refractivity contribution in [3.63, 3.8) is 0 Å². The summed E-state index contributed by atoms with van der Waals surface area (Å²) >= 11 is 0. The molecule has 0 fully saturated rings. The van der Waals surface area contributed by atoms with Crippen LogP contribution in [0.2, 0.25) is 0 Å². The summed E-state index contributed by atoms with van der Waals surface area (Å²) in [6.07, 6.45) is 4.35. The van der Waals surface area contributed by atoms with Gasteiger partial charge in [-0.1, -0.05) is 17.7 Å². The van der Waals surface area contributed by atoms with Crippen LogP contribution >= 0.6 is 0 Å². The largest absolute Gasteiger partial charge is 0.493 e. The first-order valence-corrected chi connectivity index (χ1v) is 13.1. The number of rotatable bonds is 8. The van der Waals surface area contributed by atoms with Crippen LogP contribution in [-0.4, -0.2) is 39.2 Å². The van der Waals surface area contributed by atoms with Crippen molar-refractivity contribution in [3.8, 4) is 28.7 Å². The van der Waals surface area contributed by atoms with Crippen molar-refractivity contribution in [1.29, 1.82) is 0 Å². The molecule has 11 nitrogen and oxygen atoms in total. The maximum Gasteiger partial charge on any atom is 0.335 e. The van der Waals surface area contributed by atoms with E-state index >= 15 is 0 Å². The Kier molecular flexibility index (Phi) is 7.74. The Labute approximate surface area is 241 Å². The van der Waals surface area contributed by atoms with Crippen LogP contribution < -0.4 is 30.8 Å². The SMILES string of the molecule is COc1cc2nccc(Oc3ccc(NC(=O)c4cn(C(C)C)c(=O)n(-c5ccc(C)cc5)c4=O)nc3)c2cc1OC. The fourth-order valence-corrected chi connectivity index (χ4v) is 4.38. The van der Waals surface area contributed by atoms with Crippen LogP contribution in [0.4, 0.5) is 5.82 Å². The normalized spacial score (nSPS) is 11.0. The summed E-state index contributed by atoms with van der Waals surface area (Å²) in [6.45, 7) is 5.50. The van der Waals surface area contributed by atoms with Gasteiger partial charge in [-0.2, -0.15) is 0 Å². The molecule has 11 heteroatoms. The molecule has 2 aromatic carbocycles. The highest BCUT2D eigenvalue weighted by Crippen LogP contribution is 2.36. The molecule has 5 aromatic rings. The minimum absolute atomic E-state index is 0.196. The summed E-state index contributed by atoms with van der Waals surface area (Å²) in [5.74, 6) is 1.51. The zero-order valence-electron chi connectivity index (χ0n) is 23.7. The fraction of sp³-hybridized carbons (Fsp3) is 0.194. The second-order valence-corrected chi connectivity index (χ2v) is 9.77. The second kappa shape index (κ2) is 11.6. The molecule has 214 valence electrons. The number of carbonyl (C=O) groups is 1. The topological polar surface area (TPSA) is 127 Å². The van der Waals surface area contributed by atoms with Gasteiger partial charge in [0, 0.05) is 29.9 Å². The lowest BCUT2D eigenvalue weighted by Crippen LogP contribution is -2.42. The Morgan fingerprint density at radius 2 is 1.62 bits per heavy atom. The van der Waals surface area contributed by atoms with E-state index in [1.54, 1.807) is 88.9 Å². The quantitative estimate of drug-likeness (QED) is 0.281. The first-order valence-electron chi connectivity index (χ1n) is 13.1. The number of pyridine rings is 2. The van der Waals surface area contributed by atoms with E-state index < -0.39 is 17.2 Å². The third-order valence-corrected chi connectivity index (χ3v) is 6.62. The number of carbonyl (C=O) groups excluding carboxylic acids is 1. The molecule has 3 heterocycles. The second-order valence-electron chi connectivity index (χ2n) is 9.77. The Morgan fingerprint density at radius 1 is 0.905 bits per heavy atom. The number of hydrogen-bond donors (Lipinski definition) is 1. The molecule has 0 radical (unpaired) electrons. The molecule has 5 rings (SSSR count). The molecule has 0 aliphatic carbocycles. The molecule has 3 aromatic heterocycles. The number of nitrogens with one attached hydrogen (secondary N) is 1. The van der Waals surface area contributed by atoms with Crippen molar-refractivity contribution < 1.29 is 19.0 Å². The van der Waals surface area contributed by atoms with Crippen LogP contribution in [0.15, 0.2) is 82.8 Å². The third kappa shape index (κ3) is 5.44. The summed E-state index contributed by atoms with van der Waals surface area (Å²) in [4.78, 5) is 48.4. The molecule has 0 spiro atoms. The van der Waals surface area contributed by atoms with Crippen LogP contribution in [0, 0.1) is 6.92 Å². The van der Waals surface area contributed by atoms with Gasteiger partial charge < -0.3 is 19.5 Å². The molecule has 1 amide bonds. The first kappa shape index (κ1) is 28.1. The maximum absolute atomic E-state index is 13.4. The molecule has 0 saturated carbocycles. The number of nitrogens with zero attached hydrogens (tertiary/aromatic N) is 4. The van der Waals surface area contributed by atoms with E-state index in [0.29, 0.717) is 39.6 Å². The van der Waals surface area contributed by atoms with Crippen LogP contribution in [-0.2, 0) is 0 Å². The number of anilines is 1. The predicted molar refractivity (Wildman–Crippen MR) is 159 cm³/mol. The highest BCUT2D eigenvalue weighted by molar-refractivity contribution is 6.03. The summed E-state index contributed by atoms with van der Waals surface area (Å²) in [6, 6.07) is 15.1. The molecule has 1 N–H and O–H groups in total. The first-order chi connectivity index (χ1) is 20.2. The lowest BCUT2D eigenvalue weighted by molar-refractivity contribution is 0.102. The van der Waals surface area contributed by atoms with Crippen LogP contribution in [0.5, 0.6) is 23.0 Å². The van der Waals surface area contributed by atoms with Gasteiger partial charge in [-0.3, -0.25) is 19.1 Å². The Morgan fingerprint density at radius 3 is 2.26 bits per heavy atom. The standard InChI is InChI=1S/C31H29N5O6/c1-18(2)35-17-23(30(38)36(31(35)39)20-8-6-19(3)7-9-20)29(37)34-28-11-10-21(16-33-28)42-25-12-13-32-24-15-27(41-5)26(40-4)14-22(24)25/h6-18H,1-5H3,(H,33,34,37). The lowest BCUT2D eigenvalue weighted by Gasteiger charge is -2.15. The highest BCUT2D eigenvalue weighted by Gasteiger charge is 2.20. The van der Waals surface area contributed by atoms with Gasteiger partial charge in [-0.05, 0) is 57.2 Å². The monoisotopic (exact) mass is 567 g/mol. The van der Waals surface area contributed by atoms with Gasteiger partial charge in [0.1, 0.15) is 22.9 Å². The molecular weight excluding hydrogens is 538 g/mol. The molecule has 0 saturated heterocycles. The number of benzene rings is 2. The van der Waals surface area contributed by atoms with Gasteiger partial charge in [0.15, 0.2) is 11.5 Å². The predicted octanol–water partition coefficient (Wildman–Crippen LogP) is 4.89. The van der Waals surface area contributed by atoms with Crippen molar-refractivity contribution in [2.24, 2.45) is 0 Å². The van der Waals surface area contributed by atoms with E-state index in [2.05, 4.69) is 15.3 Å². The van der Waals surface area contributed by atoms with Crippen molar-refractivity contribution >= 4 is 22.6 Å². The average Bonchev–Trinajstić information content (AvgIpc) is 2.98. The summed E-state index contributed by atoms with van der Waals surface area (Å²) in [5.41, 5.74) is 0.545. The van der Waals surface area contributed by atoms with Gasteiger partial charge >= 0.3 is 5.69 Å². The number of amides is 1. The van der Waals surface area contributed by atoms with Crippen molar-refractivity contribution in [2.45, 2.75) is 26.8 Å². The zero-order chi connectivity index (χ0) is 30.0. The molecule has 0 aliphatic heterocycles.